The maximum atomic E-state index is 12.3. The molecule has 5 nitrogen and oxygen atoms in total. The molecule has 0 atom stereocenters. The first kappa shape index (κ1) is 18.5. The summed E-state index contributed by atoms with van der Waals surface area (Å²) in [5.74, 6) is 0.171. The number of para-hydroxylation sites is 2. The van der Waals surface area contributed by atoms with Gasteiger partial charge in [-0.3, -0.25) is 9.59 Å². The summed E-state index contributed by atoms with van der Waals surface area (Å²) in [6.07, 6.45) is 1.93. The third-order valence-corrected chi connectivity index (χ3v) is 3.71. The normalized spacial score (nSPS) is 10.2. The average molecular weight is 340 g/mol. The van der Waals surface area contributed by atoms with Gasteiger partial charge in [-0.05, 0) is 37.1 Å². The molecule has 2 aromatic rings. The predicted molar refractivity (Wildman–Crippen MR) is 99.0 cm³/mol. The number of carbonyl (C=O) groups is 2. The van der Waals surface area contributed by atoms with Crippen molar-refractivity contribution < 1.29 is 14.3 Å². The van der Waals surface area contributed by atoms with Crippen LogP contribution in [0.1, 0.15) is 35.7 Å². The lowest BCUT2D eigenvalue weighted by molar-refractivity contribution is -0.118. The molecule has 0 heterocycles. The second kappa shape index (κ2) is 9.47. The second-order valence-corrected chi connectivity index (χ2v) is 5.76. The van der Waals surface area contributed by atoms with Crippen LogP contribution in [-0.4, -0.2) is 25.0 Å². The highest BCUT2D eigenvalue weighted by Crippen LogP contribution is 2.17. The molecule has 0 unspecified atom stereocenters. The number of anilines is 1. The Morgan fingerprint density at radius 2 is 1.76 bits per heavy atom. The molecule has 0 spiro atoms. The molecule has 132 valence electrons. The molecule has 0 fully saturated rings. The van der Waals surface area contributed by atoms with Gasteiger partial charge >= 0.3 is 0 Å². The van der Waals surface area contributed by atoms with Crippen molar-refractivity contribution in [2.75, 3.05) is 18.5 Å². The minimum Gasteiger partial charge on any atom is -0.483 e. The number of amides is 2. The fourth-order valence-electron chi connectivity index (χ4n) is 2.31. The van der Waals surface area contributed by atoms with Crippen LogP contribution < -0.4 is 15.4 Å². The van der Waals surface area contributed by atoms with Crippen molar-refractivity contribution in [3.8, 4) is 5.75 Å². The summed E-state index contributed by atoms with van der Waals surface area (Å²) in [6.45, 7) is 4.49. The lowest BCUT2D eigenvalue weighted by Gasteiger charge is -2.12. The first-order chi connectivity index (χ1) is 12.1. The molecule has 0 aliphatic rings. The van der Waals surface area contributed by atoms with Crippen molar-refractivity contribution in [2.45, 2.75) is 26.7 Å². The summed E-state index contributed by atoms with van der Waals surface area (Å²) in [5.41, 5.74) is 1.89. The molecule has 0 saturated heterocycles. The van der Waals surface area contributed by atoms with Gasteiger partial charge in [-0.15, -0.1) is 0 Å². The SMILES string of the molecule is CCCCNC(=O)c1ccccc1NC(=O)COc1ccccc1C. The smallest absolute Gasteiger partial charge is 0.262 e. The van der Waals surface area contributed by atoms with Gasteiger partial charge in [-0.1, -0.05) is 43.7 Å². The average Bonchev–Trinajstić information content (AvgIpc) is 2.61. The van der Waals surface area contributed by atoms with Gasteiger partial charge in [0.1, 0.15) is 5.75 Å². The van der Waals surface area contributed by atoms with Gasteiger partial charge in [0, 0.05) is 6.54 Å². The quantitative estimate of drug-likeness (QED) is 0.722. The maximum Gasteiger partial charge on any atom is 0.262 e. The highest BCUT2D eigenvalue weighted by Gasteiger charge is 2.13. The van der Waals surface area contributed by atoms with E-state index in [-0.39, 0.29) is 18.4 Å². The van der Waals surface area contributed by atoms with Crippen LogP contribution in [0.25, 0.3) is 0 Å². The lowest BCUT2D eigenvalue weighted by atomic mass is 10.1. The van der Waals surface area contributed by atoms with E-state index in [1.54, 1.807) is 24.3 Å². The Morgan fingerprint density at radius 3 is 2.52 bits per heavy atom. The summed E-state index contributed by atoms with van der Waals surface area (Å²) in [4.78, 5) is 24.4. The molecule has 2 amide bonds. The second-order valence-electron chi connectivity index (χ2n) is 5.76. The summed E-state index contributed by atoms with van der Waals surface area (Å²) in [7, 11) is 0. The molecule has 2 N–H and O–H groups in total. The van der Waals surface area contributed by atoms with Crippen LogP contribution in [0.15, 0.2) is 48.5 Å². The third kappa shape index (κ3) is 5.64. The maximum absolute atomic E-state index is 12.3. The third-order valence-electron chi connectivity index (χ3n) is 3.71. The molecule has 25 heavy (non-hydrogen) atoms. The standard InChI is InChI=1S/C20H24N2O3/c1-3-4-13-21-20(24)16-10-6-7-11-17(16)22-19(23)14-25-18-12-8-5-9-15(18)2/h5-12H,3-4,13-14H2,1-2H3,(H,21,24)(H,22,23). The minimum atomic E-state index is -0.308. The molecule has 0 aliphatic carbocycles. The Labute approximate surface area is 148 Å². The summed E-state index contributed by atoms with van der Waals surface area (Å²) >= 11 is 0. The van der Waals surface area contributed by atoms with Crippen LogP contribution in [0.3, 0.4) is 0 Å². The van der Waals surface area contributed by atoms with Crippen molar-refractivity contribution in [1.82, 2.24) is 5.32 Å². The fraction of sp³-hybridized carbons (Fsp3) is 0.300. The van der Waals surface area contributed by atoms with Gasteiger partial charge < -0.3 is 15.4 Å². The Balaban J connectivity index is 1.96. The van der Waals surface area contributed by atoms with E-state index in [0.717, 1.165) is 18.4 Å². The monoisotopic (exact) mass is 340 g/mol. The van der Waals surface area contributed by atoms with E-state index in [9.17, 15) is 9.59 Å². The van der Waals surface area contributed by atoms with Gasteiger partial charge in [-0.25, -0.2) is 0 Å². The Kier molecular flexibility index (Phi) is 7.01. The molecule has 0 aliphatic heterocycles. The Bertz CT molecular complexity index is 728. The largest absolute Gasteiger partial charge is 0.483 e. The number of hydrogen-bond donors (Lipinski definition) is 2. The number of benzene rings is 2. The molecular formula is C20H24N2O3. The van der Waals surface area contributed by atoms with E-state index in [1.807, 2.05) is 31.2 Å². The van der Waals surface area contributed by atoms with Crippen LogP contribution >= 0.6 is 0 Å². The van der Waals surface area contributed by atoms with Crippen molar-refractivity contribution in [3.05, 3.63) is 59.7 Å². The zero-order chi connectivity index (χ0) is 18.1. The van der Waals surface area contributed by atoms with E-state index in [2.05, 4.69) is 17.6 Å². The van der Waals surface area contributed by atoms with Crippen LogP contribution in [0.5, 0.6) is 5.75 Å². The van der Waals surface area contributed by atoms with Crippen LogP contribution in [0, 0.1) is 6.92 Å². The number of nitrogens with one attached hydrogen (secondary N) is 2. The van der Waals surface area contributed by atoms with Crippen LogP contribution in [-0.2, 0) is 4.79 Å². The zero-order valence-electron chi connectivity index (χ0n) is 14.7. The molecule has 0 bridgehead atoms. The first-order valence-electron chi connectivity index (χ1n) is 8.47. The molecule has 0 saturated carbocycles. The zero-order valence-corrected chi connectivity index (χ0v) is 14.7. The van der Waals surface area contributed by atoms with Crippen LogP contribution in [0.4, 0.5) is 5.69 Å². The van der Waals surface area contributed by atoms with E-state index in [1.165, 1.54) is 0 Å². The number of hydrogen-bond acceptors (Lipinski definition) is 3. The summed E-state index contributed by atoms with van der Waals surface area (Å²) < 4.78 is 5.54. The van der Waals surface area contributed by atoms with E-state index >= 15 is 0 Å². The highest BCUT2D eigenvalue weighted by atomic mass is 16.5. The van der Waals surface area contributed by atoms with Gasteiger partial charge in [0.25, 0.3) is 11.8 Å². The van der Waals surface area contributed by atoms with Gasteiger partial charge in [0.15, 0.2) is 6.61 Å². The number of unbranched alkanes of at least 4 members (excludes halogenated alkanes) is 1. The van der Waals surface area contributed by atoms with E-state index in [0.29, 0.717) is 23.5 Å². The lowest BCUT2D eigenvalue weighted by Crippen LogP contribution is -2.27. The summed E-state index contributed by atoms with van der Waals surface area (Å²) in [6, 6.07) is 14.5. The molecular weight excluding hydrogens is 316 g/mol. The molecule has 2 aromatic carbocycles. The Hall–Kier alpha value is -2.82. The predicted octanol–water partition coefficient (Wildman–Crippen LogP) is 3.54. The van der Waals surface area contributed by atoms with Crippen LogP contribution in [0.2, 0.25) is 0 Å². The molecule has 0 radical (unpaired) electrons. The topological polar surface area (TPSA) is 67.4 Å². The highest BCUT2D eigenvalue weighted by molar-refractivity contribution is 6.04. The van der Waals surface area contributed by atoms with Gasteiger partial charge in [0.05, 0.1) is 11.3 Å². The Morgan fingerprint density at radius 1 is 1.04 bits per heavy atom. The molecule has 0 aromatic heterocycles. The van der Waals surface area contributed by atoms with Gasteiger partial charge in [0.2, 0.25) is 0 Å². The number of ether oxygens (including phenoxy) is 1. The fourth-order valence-corrected chi connectivity index (χ4v) is 2.31. The molecule has 2 rings (SSSR count). The first-order valence-corrected chi connectivity index (χ1v) is 8.47. The number of carbonyl (C=O) groups excluding carboxylic acids is 2. The number of aryl methyl sites for hydroxylation is 1. The number of rotatable bonds is 8. The summed E-state index contributed by atoms with van der Waals surface area (Å²) in [5, 5.41) is 5.60. The molecule has 5 heteroatoms. The van der Waals surface area contributed by atoms with E-state index < -0.39 is 0 Å². The van der Waals surface area contributed by atoms with Crippen molar-refractivity contribution in [2.24, 2.45) is 0 Å². The van der Waals surface area contributed by atoms with Crippen molar-refractivity contribution in [1.29, 1.82) is 0 Å². The minimum absolute atomic E-state index is 0.114. The van der Waals surface area contributed by atoms with E-state index in [4.69, 9.17) is 4.74 Å². The van der Waals surface area contributed by atoms with Crippen molar-refractivity contribution in [3.63, 3.8) is 0 Å². The van der Waals surface area contributed by atoms with Crippen molar-refractivity contribution >= 4 is 17.5 Å². The van der Waals surface area contributed by atoms with Gasteiger partial charge in [-0.2, -0.15) is 0 Å².